The summed E-state index contributed by atoms with van der Waals surface area (Å²) in [7, 11) is 0. The van der Waals surface area contributed by atoms with E-state index in [1.54, 1.807) is 11.0 Å². The minimum absolute atomic E-state index is 0.103. The Kier molecular flexibility index (Phi) is 5.13. The number of carbonyl (C=O) groups excluding carboxylic acids is 2. The molecule has 3 rings (SSSR count). The summed E-state index contributed by atoms with van der Waals surface area (Å²) in [5.41, 5.74) is 0. The molecule has 0 unspecified atom stereocenters. The van der Waals surface area contributed by atoms with Crippen molar-refractivity contribution in [3.05, 3.63) is 42.4 Å². The summed E-state index contributed by atoms with van der Waals surface area (Å²) in [5, 5.41) is 0. The molecule has 128 valence electrons. The van der Waals surface area contributed by atoms with Crippen LogP contribution in [0.25, 0.3) is 0 Å². The largest absolute Gasteiger partial charge is 0.461 e. The Hall–Kier alpha value is -2.37. The lowest BCUT2D eigenvalue weighted by Gasteiger charge is -2.32. The van der Waals surface area contributed by atoms with E-state index in [1.807, 2.05) is 12.4 Å². The van der Waals surface area contributed by atoms with Gasteiger partial charge in [0.2, 0.25) is 0 Å². The van der Waals surface area contributed by atoms with E-state index in [9.17, 15) is 9.59 Å². The lowest BCUT2D eigenvalue weighted by atomic mass is 9.96. The SMILES string of the molecule is CCCCn1ccnc1[C@@H]1CCCN(C(=O)C(=O)c2ccco2)C1. The number of hydrogen-bond donors (Lipinski definition) is 0. The number of Topliss-reactive ketones (excluding diaryl/α,β-unsaturated/α-hetero) is 1. The van der Waals surface area contributed by atoms with Gasteiger partial charge >= 0.3 is 0 Å². The van der Waals surface area contributed by atoms with Gasteiger partial charge in [-0.25, -0.2) is 4.98 Å². The molecule has 0 radical (unpaired) electrons. The average molecular weight is 329 g/mol. The van der Waals surface area contributed by atoms with E-state index in [0.29, 0.717) is 13.1 Å². The predicted molar refractivity (Wildman–Crippen MR) is 88.7 cm³/mol. The van der Waals surface area contributed by atoms with Crippen LogP contribution in [0.1, 0.15) is 54.9 Å². The molecule has 0 spiro atoms. The molecule has 6 heteroatoms. The zero-order valence-corrected chi connectivity index (χ0v) is 14.0. The number of amides is 1. The number of likely N-dealkylation sites (tertiary alicyclic amines) is 1. The van der Waals surface area contributed by atoms with E-state index in [2.05, 4.69) is 16.5 Å². The quantitative estimate of drug-likeness (QED) is 0.604. The summed E-state index contributed by atoms with van der Waals surface area (Å²) >= 11 is 0. The molecule has 6 nitrogen and oxygen atoms in total. The predicted octanol–water partition coefficient (Wildman–Crippen LogP) is 2.87. The molecule has 1 aliphatic heterocycles. The van der Waals surface area contributed by atoms with Gasteiger partial charge in [-0.1, -0.05) is 13.3 Å². The number of aromatic nitrogens is 2. The molecule has 3 heterocycles. The number of aryl methyl sites for hydroxylation is 1. The topological polar surface area (TPSA) is 68.3 Å². The van der Waals surface area contributed by atoms with Crippen molar-refractivity contribution in [2.45, 2.75) is 45.1 Å². The number of nitrogens with zero attached hydrogens (tertiary/aromatic N) is 3. The fourth-order valence-electron chi connectivity index (χ4n) is 3.23. The van der Waals surface area contributed by atoms with Crippen LogP contribution in [0.15, 0.2) is 35.2 Å². The highest BCUT2D eigenvalue weighted by Gasteiger charge is 2.31. The van der Waals surface area contributed by atoms with Gasteiger partial charge in [-0.3, -0.25) is 9.59 Å². The molecule has 1 saturated heterocycles. The standard InChI is InChI=1S/C18H23N3O3/c1-2-3-9-20-11-8-19-17(20)14-6-4-10-21(13-14)18(23)16(22)15-7-5-12-24-15/h5,7-8,11-12,14H,2-4,6,9-10,13H2,1H3/t14-/m1/s1. The third-order valence-electron chi connectivity index (χ3n) is 4.51. The third kappa shape index (κ3) is 3.42. The van der Waals surface area contributed by atoms with E-state index < -0.39 is 11.7 Å². The lowest BCUT2D eigenvalue weighted by molar-refractivity contribution is -0.127. The molecule has 1 aliphatic rings. The van der Waals surface area contributed by atoms with Gasteiger partial charge in [-0.05, 0) is 31.4 Å². The molecule has 0 aromatic carbocycles. The maximum Gasteiger partial charge on any atom is 0.298 e. The van der Waals surface area contributed by atoms with Gasteiger partial charge < -0.3 is 13.9 Å². The summed E-state index contributed by atoms with van der Waals surface area (Å²) in [5.74, 6) is 0.244. The van der Waals surface area contributed by atoms with Gasteiger partial charge in [0, 0.05) is 37.9 Å². The van der Waals surface area contributed by atoms with Crippen LogP contribution < -0.4 is 0 Å². The van der Waals surface area contributed by atoms with Crippen molar-refractivity contribution >= 4 is 11.7 Å². The summed E-state index contributed by atoms with van der Waals surface area (Å²) in [6.07, 6.45) is 9.33. The van der Waals surface area contributed by atoms with Gasteiger partial charge in [0.25, 0.3) is 11.7 Å². The van der Waals surface area contributed by atoms with Gasteiger partial charge in [0.05, 0.1) is 6.26 Å². The molecule has 24 heavy (non-hydrogen) atoms. The van der Waals surface area contributed by atoms with Crippen LogP contribution in [0.3, 0.4) is 0 Å². The number of carbonyl (C=O) groups is 2. The van der Waals surface area contributed by atoms with Crippen molar-refractivity contribution in [1.29, 1.82) is 0 Å². The Morgan fingerprint density at radius 1 is 1.42 bits per heavy atom. The second-order valence-electron chi connectivity index (χ2n) is 6.23. The summed E-state index contributed by atoms with van der Waals surface area (Å²) in [4.78, 5) is 30.8. The molecule has 1 atom stereocenters. The molecule has 2 aromatic heterocycles. The van der Waals surface area contributed by atoms with Crippen molar-refractivity contribution in [3.8, 4) is 0 Å². The number of piperidine rings is 1. The van der Waals surface area contributed by atoms with Gasteiger partial charge in [-0.2, -0.15) is 0 Å². The highest BCUT2D eigenvalue weighted by Crippen LogP contribution is 2.26. The minimum atomic E-state index is -0.574. The van der Waals surface area contributed by atoms with Crippen LogP contribution in [-0.2, 0) is 11.3 Å². The van der Waals surface area contributed by atoms with Crippen LogP contribution in [0.4, 0.5) is 0 Å². The molecule has 0 saturated carbocycles. The zero-order valence-electron chi connectivity index (χ0n) is 14.0. The first-order valence-corrected chi connectivity index (χ1v) is 8.58. The first kappa shape index (κ1) is 16.5. The average Bonchev–Trinajstić information content (AvgIpc) is 3.30. The number of rotatable bonds is 6. The van der Waals surface area contributed by atoms with Crippen LogP contribution in [0.2, 0.25) is 0 Å². The number of furan rings is 1. The fraction of sp³-hybridized carbons (Fsp3) is 0.500. The second kappa shape index (κ2) is 7.47. The van der Waals surface area contributed by atoms with Crippen LogP contribution in [-0.4, -0.2) is 39.2 Å². The summed E-state index contributed by atoms with van der Waals surface area (Å²) in [6, 6.07) is 3.14. The Labute approximate surface area is 141 Å². The summed E-state index contributed by atoms with van der Waals surface area (Å²) < 4.78 is 7.23. The minimum Gasteiger partial charge on any atom is -0.461 e. The molecule has 1 amide bonds. The number of imidazole rings is 1. The van der Waals surface area contributed by atoms with Crippen LogP contribution >= 0.6 is 0 Å². The second-order valence-corrected chi connectivity index (χ2v) is 6.23. The molecular formula is C18H23N3O3. The third-order valence-corrected chi connectivity index (χ3v) is 4.51. The van der Waals surface area contributed by atoms with Crippen molar-refractivity contribution in [3.63, 3.8) is 0 Å². The molecular weight excluding hydrogens is 306 g/mol. The van der Waals surface area contributed by atoms with E-state index in [-0.39, 0.29) is 11.7 Å². The smallest absolute Gasteiger partial charge is 0.298 e. The highest BCUT2D eigenvalue weighted by molar-refractivity contribution is 6.41. The van der Waals surface area contributed by atoms with Crippen molar-refractivity contribution in [2.75, 3.05) is 13.1 Å². The maximum atomic E-state index is 12.5. The van der Waals surface area contributed by atoms with E-state index >= 15 is 0 Å². The Morgan fingerprint density at radius 2 is 2.29 bits per heavy atom. The fourth-order valence-corrected chi connectivity index (χ4v) is 3.23. The molecule has 0 aliphatic carbocycles. The summed E-state index contributed by atoms with van der Waals surface area (Å²) in [6.45, 7) is 4.26. The lowest BCUT2D eigenvalue weighted by Crippen LogP contribution is -2.43. The number of ketones is 1. The molecule has 1 fully saturated rings. The van der Waals surface area contributed by atoms with Gasteiger partial charge in [-0.15, -0.1) is 0 Å². The van der Waals surface area contributed by atoms with Crippen LogP contribution in [0, 0.1) is 0 Å². The molecule has 0 bridgehead atoms. The normalized spacial score (nSPS) is 17.9. The highest BCUT2D eigenvalue weighted by atomic mass is 16.3. The van der Waals surface area contributed by atoms with E-state index in [4.69, 9.17) is 4.42 Å². The van der Waals surface area contributed by atoms with Crippen molar-refractivity contribution in [2.24, 2.45) is 0 Å². The monoisotopic (exact) mass is 329 g/mol. The first-order valence-electron chi connectivity index (χ1n) is 8.58. The van der Waals surface area contributed by atoms with Gasteiger partial charge in [0.1, 0.15) is 5.82 Å². The molecule has 2 aromatic rings. The number of hydrogen-bond acceptors (Lipinski definition) is 4. The van der Waals surface area contributed by atoms with Gasteiger partial charge in [0.15, 0.2) is 5.76 Å². The van der Waals surface area contributed by atoms with Crippen LogP contribution in [0.5, 0.6) is 0 Å². The Bertz CT molecular complexity index is 690. The Balaban J connectivity index is 1.69. The van der Waals surface area contributed by atoms with E-state index in [0.717, 1.165) is 38.1 Å². The molecule has 0 N–H and O–H groups in total. The first-order chi connectivity index (χ1) is 11.7. The van der Waals surface area contributed by atoms with Crippen molar-refractivity contribution < 1.29 is 14.0 Å². The zero-order chi connectivity index (χ0) is 16.9. The number of unbranched alkanes of at least 4 members (excludes halogenated alkanes) is 1. The van der Waals surface area contributed by atoms with Crippen molar-refractivity contribution in [1.82, 2.24) is 14.5 Å². The Morgan fingerprint density at radius 3 is 3.04 bits per heavy atom. The maximum absolute atomic E-state index is 12.5. The van der Waals surface area contributed by atoms with E-state index in [1.165, 1.54) is 12.3 Å².